The van der Waals surface area contributed by atoms with Crippen LogP contribution in [0.4, 0.5) is 11.5 Å². The van der Waals surface area contributed by atoms with Gasteiger partial charge >= 0.3 is 5.82 Å². The van der Waals surface area contributed by atoms with Gasteiger partial charge < -0.3 is 19.8 Å². The van der Waals surface area contributed by atoms with Crippen molar-refractivity contribution in [1.29, 1.82) is 0 Å². The smallest absolute Gasteiger partial charge is 0.389 e. The summed E-state index contributed by atoms with van der Waals surface area (Å²) in [6, 6.07) is 14.7. The lowest BCUT2D eigenvalue weighted by atomic mass is 10.1. The van der Waals surface area contributed by atoms with Gasteiger partial charge in [-0.05, 0) is 72.2 Å². The Hall–Kier alpha value is -3.94. The van der Waals surface area contributed by atoms with Gasteiger partial charge in [0.1, 0.15) is 5.75 Å². The molecule has 8 nitrogen and oxygen atoms in total. The molecule has 1 aliphatic rings. The first-order valence-electron chi connectivity index (χ1n) is 11.0. The topological polar surface area (TPSA) is 90.5 Å². The fourth-order valence-corrected chi connectivity index (χ4v) is 3.99. The van der Waals surface area contributed by atoms with Crippen molar-refractivity contribution in [3.63, 3.8) is 0 Å². The van der Waals surface area contributed by atoms with Gasteiger partial charge in [-0.15, -0.1) is 0 Å². The zero-order chi connectivity index (χ0) is 23.2. The number of ether oxygens (including phenoxy) is 1. The second kappa shape index (κ2) is 10.1. The number of hydrogen-bond acceptors (Lipinski definition) is 6. The van der Waals surface area contributed by atoms with Crippen molar-refractivity contribution in [3.05, 3.63) is 87.6 Å². The maximum atomic E-state index is 12.7. The summed E-state index contributed by atoms with van der Waals surface area (Å²) in [6.07, 6.45) is 8.58. The molecule has 1 aliphatic heterocycles. The Balaban J connectivity index is 1.46. The van der Waals surface area contributed by atoms with E-state index in [1.54, 1.807) is 25.5 Å². The summed E-state index contributed by atoms with van der Waals surface area (Å²) in [4.78, 5) is 25.4. The van der Waals surface area contributed by atoms with Gasteiger partial charge in [-0.25, -0.2) is 0 Å². The standard InChI is InChI=1S/C25H26N4O4/c1-33-24-12-6-19(17-21(24)18-28-16-13-25(26-28)29(31)32)5-11-23(30)20-7-9-22(10-8-20)27-14-3-2-4-15-27/h5-13,16-17H,2-4,14-15,18H2,1H3/b11-5+. The highest BCUT2D eigenvalue weighted by Gasteiger charge is 2.14. The maximum absolute atomic E-state index is 12.7. The van der Waals surface area contributed by atoms with Crippen molar-refractivity contribution in [2.24, 2.45) is 0 Å². The molecule has 0 radical (unpaired) electrons. The SMILES string of the molecule is COc1ccc(/C=C/C(=O)c2ccc(N3CCCCC3)cc2)cc1Cn1ccc([N+](=O)[O-])n1. The number of benzene rings is 2. The van der Waals surface area contributed by atoms with E-state index < -0.39 is 4.92 Å². The van der Waals surface area contributed by atoms with Crippen LogP contribution in [0, 0.1) is 10.1 Å². The van der Waals surface area contributed by atoms with Crippen molar-refractivity contribution in [2.75, 3.05) is 25.1 Å². The van der Waals surface area contributed by atoms with Crippen LogP contribution in [0.1, 0.15) is 40.7 Å². The largest absolute Gasteiger partial charge is 0.496 e. The van der Waals surface area contributed by atoms with Crippen molar-refractivity contribution in [2.45, 2.75) is 25.8 Å². The lowest BCUT2D eigenvalue weighted by molar-refractivity contribution is -0.389. The Morgan fingerprint density at radius 1 is 1.12 bits per heavy atom. The molecule has 0 spiro atoms. The molecule has 2 aromatic carbocycles. The normalized spacial score (nSPS) is 13.9. The molecule has 0 aliphatic carbocycles. The number of methoxy groups -OCH3 is 1. The van der Waals surface area contributed by atoms with E-state index in [2.05, 4.69) is 10.00 Å². The van der Waals surface area contributed by atoms with Gasteiger partial charge in [0.2, 0.25) is 0 Å². The van der Waals surface area contributed by atoms with E-state index in [0.29, 0.717) is 17.9 Å². The number of rotatable bonds is 8. The number of anilines is 1. The van der Waals surface area contributed by atoms with Crippen molar-refractivity contribution >= 4 is 23.4 Å². The summed E-state index contributed by atoms with van der Waals surface area (Å²) in [5.41, 5.74) is 3.43. The van der Waals surface area contributed by atoms with Gasteiger partial charge in [-0.2, -0.15) is 4.68 Å². The summed E-state index contributed by atoms with van der Waals surface area (Å²) in [5, 5.41) is 14.8. The number of allylic oxidation sites excluding steroid dienone is 1. The average Bonchev–Trinajstić information content (AvgIpc) is 3.32. The highest BCUT2D eigenvalue weighted by molar-refractivity contribution is 6.07. The minimum absolute atomic E-state index is 0.0692. The summed E-state index contributed by atoms with van der Waals surface area (Å²) in [6.45, 7) is 2.45. The van der Waals surface area contributed by atoms with E-state index in [1.165, 1.54) is 30.0 Å². The number of nitro groups is 1. The summed E-state index contributed by atoms with van der Waals surface area (Å²) < 4.78 is 6.90. The van der Waals surface area contributed by atoms with Gasteiger partial charge in [0.05, 0.1) is 31.0 Å². The van der Waals surface area contributed by atoms with Gasteiger partial charge in [0.25, 0.3) is 0 Å². The quantitative estimate of drug-likeness (QED) is 0.215. The Kier molecular flexibility index (Phi) is 6.83. The Labute approximate surface area is 192 Å². The second-order valence-corrected chi connectivity index (χ2v) is 7.99. The van der Waals surface area contributed by atoms with Crippen LogP contribution in [0.2, 0.25) is 0 Å². The Bertz CT molecular complexity index is 1160. The number of nitrogens with zero attached hydrogens (tertiary/aromatic N) is 4. The molecule has 0 bridgehead atoms. The van der Waals surface area contributed by atoms with Crippen LogP contribution in [-0.4, -0.2) is 40.7 Å². The highest BCUT2D eigenvalue weighted by Crippen LogP contribution is 2.23. The van der Waals surface area contributed by atoms with E-state index in [4.69, 9.17) is 4.74 Å². The van der Waals surface area contributed by atoms with Crippen LogP contribution in [0.15, 0.2) is 60.8 Å². The van der Waals surface area contributed by atoms with Gasteiger partial charge in [0, 0.05) is 29.9 Å². The predicted octanol–water partition coefficient (Wildman–Crippen LogP) is 4.73. The Morgan fingerprint density at radius 3 is 2.55 bits per heavy atom. The molecular weight excluding hydrogens is 420 g/mol. The molecule has 1 aromatic heterocycles. The predicted molar refractivity (Wildman–Crippen MR) is 127 cm³/mol. The van der Waals surface area contributed by atoms with Gasteiger partial charge in [-0.1, -0.05) is 12.1 Å². The molecule has 0 atom stereocenters. The van der Waals surface area contributed by atoms with E-state index in [1.807, 2.05) is 42.5 Å². The summed E-state index contributed by atoms with van der Waals surface area (Å²) in [5.74, 6) is 0.368. The molecule has 33 heavy (non-hydrogen) atoms. The molecule has 8 heteroatoms. The number of aromatic nitrogens is 2. The zero-order valence-electron chi connectivity index (χ0n) is 18.5. The van der Waals surface area contributed by atoms with Crippen LogP contribution in [0.5, 0.6) is 5.75 Å². The van der Waals surface area contributed by atoms with Crippen LogP contribution in [-0.2, 0) is 6.54 Å². The fraction of sp³-hybridized carbons (Fsp3) is 0.280. The van der Waals surface area contributed by atoms with Gasteiger partial charge in [0.15, 0.2) is 5.78 Å². The summed E-state index contributed by atoms with van der Waals surface area (Å²) >= 11 is 0. The van der Waals surface area contributed by atoms with Crippen LogP contribution < -0.4 is 9.64 Å². The third kappa shape index (κ3) is 5.46. The fourth-order valence-electron chi connectivity index (χ4n) is 3.99. The van der Waals surface area contributed by atoms with Crippen LogP contribution in [0.25, 0.3) is 6.08 Å². The zero-order valence-corrected chi connectivity index (χ0v) is 18.5. The molecule has 1 saturated heterocycles. The first-order chi connectivity index (χ1) is 16.0. The van der Waals surface area contributed by atoms with Crippen LogP contribution in [0.3, 0.4) is 0 Å². The molecule has 170 valence electrons. The van der Waals surface area contributed by atoms with Crippen molar-refractivity contribution < 1.29 is 14.5 Å². The maximum Gasteiger partial charge on any atom is 0.389 e. The molecule has 1 fully saturated rings. The third-order valence-electron chi connectivity index (χ3n) is 5.75. The first-order valence-corrected chi connectivity index (χ1v) is 11.0. The Morgan fingerprint density at radius 2 is 1.88 bits per heavy atom. The number of ketones is 1. The highest BCUT2D eigenvalue weighted by atomic mass is 16.6. The molecular formula is C25H26N4O4. The van der Waals surface area contributed by atoms with Crippen molar-refractivity contribution in [1.82, 2.24) is 9.78 Å². The number of hydrogen-bond donors (Lipinski definition) is 0. The molecule has 4 rings (SSSR count). The third-order valence-corrected chi connectivity index (χ3v) is 5.75. The van der Waals surface area contributed by atoms with Gasteiger partial charge in [-0.3, -0.25) is 4.79 Å². The average molecular weight is 447 g/mol. The first kappa shape index (κ1) is 22.3. The molecule has 0 N–H and O–H groups in total. The van der Waals surface area contributed by atoms with Crippen molar-refractivity contribution in [3.8, 4) is 5.75 Å². The van der Waals surface area contributed by atoms with E-state index in [9.17, 15) is 14.9 Å². The number of piperidine rings is 1. The van der Waals surface area contributed by atoms with E-state index >= 15 is 0 Å². The van der Waals surface area contributed by atoms with Crippen LogP contribution >= 0.6 is 0 Å². The molecule has 3 aromatic rings. The number of carbonyl (C=O) groups excluding carboxylic acids is 1. The summed E-state index contributed by atoms with van der Waals surface area (Å²) in [7, 11) is 1.57. The molecule has 0 saturated carbocycles. The van der Waals surface area contributed by atoms with E-state index in [0.717, 1.165) is 29.9 Å². The number of carbonyl (C=O) groups is 1. The van der Waals surface area contributed by atoms with E-state index in [-0.39, 0.29) is 11.6 Å². The minimum atomic E-state index is -0.530. The lowest BCUT2D eigenvalue weighted by Crippen LogP contribution is -2.29. The minimum Gasteiger partial charge on any atom is -0.496 e. The lowest BCUT2D eigenvalue weighted by Gasteiger charge is -2.28. The molecule has 2 heterocycles. The molecule has 0 unspecified atom stereocenters. The molecule has 0 amide bonds. The monoisotopic (exact) mass is 446 g/mol. The second-order valence-electron chi connectivity index (χ2n) is 7.99.